The van der Waals surface area contributed by atoms with Gasteiger partial charge in [-0.1, -0.05) is 18.2 Å². The highest BCUT2D eigenvalue weighted by molar-refractivity contribution is 6.08. The Morgan fingerprint density at radius 3 is 2.75 bits per heavy atom. The average molecular weight is 270 g/mol. The Morgan fingerprint density at radius 2 is 1.95 bits per heavy atom. The fraction of sp³-hybridized carbons (Fsp3) is 0.294. The Balaban J connectivity index is 2.03. The maximum absolute atomic E-state index is 13.4. The fourth-order valence-electron chi connectivity index (χ4n) is 2.75. The van der Waals surface area contributed by atoms with Gasteiger partial charge in [-0.15, -0.1) is 0 Å². The number of fused-ring (bicyclic) bond motifs is 3. The van der Waals surface area contributed by atoms with Crippen LogP contribution in [0.3, 0.4) is 0 Å². The normalized spacial score (nSPS) is 11.8. The van der Waals surface area contributed by atoms with Crippen molar-refractivity contribution in [3.63, 3.8) is 0 Å². The van der Waals surface area contributed by atoms with Crippen LogP contribution in [0.5, 0.6) is 0 Å². The van der Waals surface area contributed by atoms with E-state index in [-0.39, 0.29) is 5.82 Å². The Labute approximate surface area is 118 Å². The summed E-state index contributed by atoms with van der Waals surface area (Å²) in [4.78, 5) is 5.63. The lowest BCUT2D eigenvalue weighted by Gasteiger charge is -2.09. The minimum Gasteiger partial charge on any atom is -0.354 e. The molecule has 3 rings (SSSR count). The molecule has 1 heterocycles. The molecule has 0 spiro atoms. The van der Waals surface area contributed by atoms with Gasteiger partial charge >= 0.3 is 0 Å². The Morgan fingerprint density at radius 1 is 1.10 bits per heavy atom. The number of benzene rings is 2. The third-order valence-electron chi connectivity index (χ3n) is 3.73. The number of rotatable bonds is 4. The quantitative estimate of drug-likeness (QED) is 0.760. The molecule has 0 unspecified atom stereocenters. The third-order valence-corrected chi connectivity index (χ3v) is 3.73. The Bertz CT molecular complexity index is 743. The van der Waals surface area contributed by atoms with Gasteiger partial charge in [-0.2, -0.15) is 0 Å². The van der Waals surface area contributed by atoms with E-state index < -0.39 is 0 Å². The number of hydrogen-bond acceptors (Lipinski definition) is 1. The number of nitrogens with zero attached hydrogens (tertiary/aromatic N) is 1. The third kappa shape index (κ3) is 2.41. The minimum absolute atomic E-state index is 0.184. The van der Waals surface area contributed by atoms with Gasteiger partial charge in [-0.3, -0.25) is 0 Å². The monoisotopic (exact) mass is 270 g/mol. The first-order chi connectivity index (χ1) is 9.65. The lowest BCUT2D eigenvalue weighted by atomic mass is 10.0. The predicted octanol–water partition coefficient (Wildman–Crippen LogP) is 3.95. The number of aryl methyl sites for hydroxylation is 1. The summed E-state index contributed by atoms with van der Waals surface area (Å²) in [5, 5.41) is 2.08. The topological polar surface area (TPSA) is 19.0 Å². The highest BCUT2D eigenvalue weighted by Gasteiger charge is 2.08. The van der Waals surface area contributed by atoms with E-state index >= 15 is 0 Å². The largest absolute Gasteiger partial charge is 0.354 e. The molecule has 0 saturated heterocycles. The van der Waals surface area contributed by atoms with Crippen molar-refractivity contribution in [2.75, 3.05) is 20.6 Å². The second-order valence-corrected chi connectivity index (χ2v) is 5.56. The maximum Gasteiger partial charge on any atom is 0.123 e. The number of nitrogens with one attached hydrogen (secondary N) is 1. The van der Waals surface area contributed by atoms with Crippen molar-refractivity contribution in [3.8, 4) is 0 Å². The summed E-state index contributed by atoms with van der Waals surface area (Å²) in [6.07, 6.45) is 2.15. The van der Waals surface area contributed by atoms with E-state index in [2.05, 4.69) is 42.2 Å². The summed E-state index contributed by atoms with van der Waals surface area (Å²) in [6, 6.07) is 11.2. The molecular weight excluding hydrogens is 251 g/mol. The van der Waals surface area contributed by atoms with Crippen molar-refractivity contribution in [2.45, 2.75) is 12.8 Å². The molecule has 0 radical (unpaired) electrons. The number of para-hydroxylation sites is 1. The second-order valence-electron chi connectivity index (χ2n) is 5.56. The number of hydrogen-bond donors (Lipinski definition) is 1. The average Bonchev–Trinajstić information content (AvgIpc) is 2.77. The van der Waals surface area contributed by atoms with Crippen LogP contribution in [-0.4, -0.2) is 30.5 Å². The smallest absolute Gasteiger partial charge is 0.123 e. The number of halogens is 1. The molecule has 0 fully saturated rings. The summed E-state index contributed by atoms with van der Waals surface area (Å²) in [6.45, 7) is 1.07. The first-order valence-corrected chi connectivity index (χ1v) is 6.99. The zero-order valence-electron chi connectivity index (χ0n) is 11.9. The van der Waals surface area contributed by atoms with Gasteiger partial charge in [0.1, 0.15) is 5.82 Å². The summed E-state index contributed by atoms with van der Waals surface area (Å²) in [5.74, 6) is -0.184. The van der Waals surface area contributed by atoms with Crippen LogP contribution < -0.4 is 0 Å². The highest BCUT2D eigenvalue weighted by Crippen LogP contribution is 2.28. The molecule has 3 heteroatoms. The molecule has 0 atom stereocenters. The van der Waals surface area contributed by atoms with Crippen molar-refractivity contribution in [1.29, 1.82) is 0 Å². The molecule has 0 amide bonds. The molecule has 3 aromatic rings. The van der Waals surface area contributed by atoms with Gasteiger partial charge in [0.2, 0.25) is 0 Å². The van der Waals surface area contributed by atoms with Crippen LogP contribution >= 0.6 is 0 Å². The standard InChI is InChI=1S/C17H19FN2/c1-20(2)10-4-6-12-5-3-7-14-15-11-13(18)8-9-16(15)19-17(12)14/h3,5,7-9,11,19H,4,6,10H2,1-2H3. The van der Waals surface area contributed by atoms with E-state index in [9.17, 15) is 4.39 Å². The van der Waals surface area contributed by atoms with E-state index in [1.807, 2.05) is 6.07 Å². The first kappa shape index (κ1) is 13.1. The first-order valence-electron chi connectivity index (χ1n) is 6.99. The molecule has 2 nitrogen and oxygen atoms in total. The molecule has 0 aliphatic carbocycles. The number of aromatic amines is 1. The maximum atomic E-state index is 13.4. The van der Waals surface area contributed by atoms with E-state index in [1.54, 1.807) is 6.07 Å². The van der Waals surface area contributed by atoms with Crippen molar-refractivity contribution in [2.24, 2.45) is 0 Å². The summed E-state index contributed by atoms with van der Waals surface area (Å²) in [7, 11) is 4.18. The van der Waals surface area contributed by atoms with Crippen molar-refractivity contribution in [3.05, 3.63) is 47.8 Å². The molecule has 0 saturated carbocycles. The molecular formula is C17H19FN2. The fourth-order valence-corrected chi connectivity index (χ4v) is 2.75. The summed E-state index contributed by atoms with van der Waals surface area (Å²) in [5.41, 5.74) is 3.45. The van der Waals surface area contributed by atoms with Crippen LogP contribution in [0.1, 0.15) is 12.0 Å². The van der Waals surface area contributed by atoms with Crippen LogP contribution in [0.2, 0.25) is 0 Å². The van der Waals surface area contributed by atoms with Crippen LogP contribution in [0.4, 0.5) is 4.39 Å². The van der Waals surface area contributed by atoms with Crippen LogP contribution in [-0.2, 0) is 6.42 Å². The Hall–Kier alpha value is -1.87. The highest BCUT2D eigenvalue weighted by atomic mass is 19.1. The zero-order chi connectivity index (χ0) is 14.1. The van der Waals surface area contributed by atoms with Gasteiger partial charge < -0.3 is 9.88 Å². The molecule has 20 heavy (non-hydrogen) atoms. The molecule has 104 valence electrons. The van der Waals surface area contributed by atoms with Crippen molar-refractivity contribution < 1.29 is 4.39 Å². The van der Waals surface area contributed by atoms with Gasteiger partial charge in [-0.25, -0.2) is 4.39 Å². The van der Waals surface area contributed by atoms with Gasteiger partial charge in [0, 0.05) is 21.8 Å². The zero-order valence-corrected chi connectivity index (χ0v) is 11.9. The molecule has 0 aliphatic heterocycles. The Kier molecular flexibility index (Phi) is 3.45. The summed E-state index contributed by atoms with van der Waals surface area (Å²) >= 11 is 0. The lowest BCUT2D eigenvalue weighted by molar-refractivity contribution is 0.400. The van der Waals surface area contributed by atoms with Crippen molar-refractivity contribution in [1.82, 2.24) is 9.88 Å². The van der Waals surface area contributed by atoms with Gasteiger partial charge in [0.05, 0.1) is 0 Å². The number of H-pyrrole nitrogens is 1. The lowest BCUT2D eigenvalue weighted by Crippen LogP contribution is -2.13. The van der Waals surface area contributed by atoms with Gasteiger partial charge in [-0.05, 0) is 57.2 Å². The summed E-state index contributed by atoms with van der Waals surface area (Å²) < 4.78 is 13.4. The molecule has 2 aromatic carbocycles. The SMILES string of the molecule is CN(C)CCCc1cccc2c1[nH]c1ccc(F)cc12. The van der Waals surface area contributed by atoms with Crippen LogP contribution in [0.25, 0.3) is 21.8 Å². The van der Waals surface area contributed by atoms with Gasteiger partial charge in [0.15, 0.2) is 0 Å². The minimum atomic E-state index is -0.184. The molecule has 1 aromatic heterocycles. The number of aromatic nitrogens is 1. The second kappa shape index (κ2) is 5.25. The molecule has 0 bridgehead atoms. The van der Waals surface area contributed by atoms with Crippen LogP contribution in [0.15, 0.2) is 36.4 Å². The predicted molar refractivity (Wildman–Crippen MR) is 82.6 cm³/mol. The molecule has 0 aliphatic rings. The van der Waals surface area contributed by atoms with E-state index in [0.29, 0.717) is 0 Å². The van der Waals surface area contributed by atoms with Gasteiger partial charge in [0.25, 0.3) is 0 Å². The van der Waals surface area contributed by atoms with Crippen LogP contribution in [0, 0.1) is 5.82 Å². The van der Waals surface area contributed by atoms with E-state index in [1.165, 1.54) is 11.6 Å². The van der Waals surface area contributed by atoms with E-state index in [4.69, 9.17) is 0 Å². The molecule has 1 N–H and O–H groups in total. The van der Waals surface area contributed by atoms with E-state index in [0.717, 1.165) is 41.2 Å². The van der Waals surface area contributed by atoms with Crippen molar-refractivity contribution >= 4 is 21.8 Å².